The molecule has 2 N–H and O–H groups in total. The molecule has 0 aliphatic rings. The molecule has 0 saturated carbocycles. The number of rotatable bonds is 8. The molecule has 2 aromatic carbocycles. The maximum absolute atomic E-state index is 6.49. The average molecular weight is 360 g/mol. The predicted molar refractivity (Wildman–Crippen MR) is 109 cm³/mol. The van der Waals surface area contributed by atoms with Crippen molar-refractivity contribution in [3.05, 3.63) is 83.4 Å². The van der Waals surface area contributed by atoms with Crippen LogP contribution in [-0.2, 0) is 10.3 Å². The summed E-state index contributed by atoms with van der Waals surface area (Å²) in [6.07, 6.45) is 3.81. The van der Waals surface area contributed by atoms with E-state index in [4.69, 9.17) is 10.5 Å². The van der Waals surface area contributed by atoms with Crippen LogP contribution in [0, 0.1) is 0 Å². The highest BCUT2D eigenvalue weighted by Gasteiger charge is 2.36. The molecule has 0 spiro atoms. The Labute approximate surface area is 158 Å². The van der Waals surface area contributed by atoms with Crippen LogP contribution in [0.2, 0.25) is 0 Å². The molecule has 0 fully saturated rings. The van der Waals surface area contributed by atoms with Crippen LogP contribution in [0.1, 0.15) is 44.7 Å². The molecule has 3 heteroatoms. The van der Waals surface area contributed by atoms with Crippen molar-refractivity contribution < 1.29 is 4.74 Å². The first-order valence-electron chi connectivity index (χ1n) is 8.72. The van der Waals surface area contributed by atoms with Crippen LogP contribution < -0.4 is 5.73 Å². The summed E-state index contributed by atoms with van der Waals surface area (Å²) in [6.45, 7) is 6.90. The zero-order valence-corrected chi connectivity index (χ0v) is 16.3. The largest absolute Gasteiger partial charge is 0.366 e. The molecule has 0 aliphatic heterocycles. The molecule has 0 bridgehead atoms. The van der Waals surface area contributed by atoms with Gasteiger partial charge in [0.2, 0.25) is 0 Å². The second-order valence-corrected chi connectivity index (χ2v) is 6.47. The highest BCUT2D eigenvalue weighted by Crippen LogP contribution is 2.38. The number of benzene rings is 2. The quantitative estimate of drug-likeness (QED) is 0.635. The minimum atomic E-state index is -0.508. The van der Waals surface area contributed by atoms with Gasteiger partial charge in [0.1, 0.15) is 5.60 Å². The smallest absolute Gasteiger partial charge is 0.120 e. The first-order valence-corrected chi connectivity index (χ1v) is 8.72. The third kappa shape index (κ3) is 5.71. The van der Waals surface area contributed by atoms with Crippen molar-refractivity contribution in [2.45, 2.75) is 45.3 Å². The molecule has 2 rings (SSSR count). The lowest BCUT2D eigenvalue weighted by Gasteiger charge is -2.37. The normalized spacial score (nSPS) is 12.2. The Balaban J connectivity index is 0.00000312. The van der Waals surface area contributed by atoms with Crippen molar-refractivity contribution in [1.29, 1.82) is 0 Å². The van der Waals surface area contributed by atoms with Gasteiger partial charge in [0, 0.05) is 19.1 Å². The van der Waals surface area contributed by atoms with Crippen LogP contribution in [0.4, 0.5) is 0 Å². The number of halogens is 1. The Kier molecular flexibility index (Phi) is 8.91. The van der Waals surface area contributed by atoms with Crippen molar-refractivity contribution in [2.75, 3.05) is 6.61 Å². The molecular weight excluding hydrogens is 330 g/mol. The van der Waals surface area contributed by atoms with Gasteiger partial charge in [-0.1, -0.05) is 72.3 Å². The zero-order valence-electron chi connectivity index (χ0n) is 15.4. The summed E-state index contributed by atoms with van der Waals surface area (Å²) in [4.78, 5) is 0. The van der Waals surface area contributed by atoms with E-state index in [0.29, 0.717) is 6.61 Å². The van der Waals surface area contributed by atoms with E-state index in [-0.39, 0.29) is 18.4 Å². The molecular formula is C22H30ClNO. The monoisotopic (exact) mass is 359 g/mol. The summed E-state index contributed by atoms with van der Waals surface area (Å²) < 4.78 is 6.38. The molecule has 0 amide bonds. The molecule has 0 saturated heterocycles. The van der Waals surface area contributed by atoms with Crippen molar-refractivity contribution in [3.8, 4) is 0 Å². The van der Waals surface area contributed by atoms with Gasteiger partial charge in [0.25, 0.3) is 0 Å². The number of hydrogen-bond acceptors (Lipinski definition) is 2. The zero-order chi connectivity index (χ0) is 17.4. The number of allylic oxidation sites excluding steroid dienone is 1. The second kappa shape index (κ2) is 10.4. The lowest BCUT2D eigenvalue weighted by molar-refractivity contribution is -0.0220. The molecule has 1 atom stereocenters. The van der Waals surface area contributed by atoms with E-state index >= 15 is 0 Å². The van der Waals surface area contributed by atoms with Gasteiger partial charge in [0.15, 0.2) is 0 Å². The maximum Gasteiger partial charge on any atom is 0.120 e. The van der Waals surface area contributed by atoms with Crippen LogP contribution in [0.3, 0.4) is 0 Å². The molecule has 0 aromatic heterocycles. The molecule has 136 valence electrons. The van der Waals surface area contributed by atoms with E-state index in [1.165, 1.54) is 5.57 Å². The van der Waals surface area contributed by atoms with Crippen molar-refractivity contribution >= 4 is 12.4 Å². The van der Waals surface area contributed by atoms with Crippen molar-refractivity contribution in [2.24, 2.45) is 5.73 Å². The van der Waals surface area contributed by atoms with Gasteiger partial charge in [-0.3, -0.25) is 0 Å². The summed E-state index contributed by atoms with van der Waals surface area (Å²) in [7, 11) is 0. The van der Waals surface area contributed by atoms with Crippen LogP contribution in [-0.4, -0.2) is 12.6 Å². The number of hydrogen-bond donors (Lipinski definition) is 1. The number of ether oxygens (including phenoxy) is 1. The Morgan fingerprint density at radius 1 is 1.00 bits per heavy atom. The Morgan fingerprint density at radius 3 is 1.88 bits per heavy atom. The standard InChI is InChI=1S/C22H29NO.ClH/c1-4-24-22(19-11-7-5-8-12-19,20-13-9-6-10-14-20)17-21(23)16-15-18(2)3;/h5-15,21H,4,16-17,23H2,1-3H3;1H. The fraction of sp³-hybridized carbons (Fsp3) is 0.364. The van der Waals surface area contributed by atoms with Gasteiger partial charge in [-0.15, -0.1) is 12.4 Å². The minimum absolute atomic E-state index is 0. The predicted octanol–water partition coefficient (Wildman–Crippen LogP) is 5.46. The van der Waals surface area contributed by atoms with Gasteiger partial charge in [0.05, 0.1) is 0 Å². The average Bonchev–Trinajstić information content (AvgIpc) is 2.61. The topological polar surface area (TPSA) is 35.2 Å². The van der Waals surface area contributed by atoms with Gasteiger partial charge >= 0.3 is 0 Å². The lowest BCUT2D eigenvalue weighted by Crippen LogP contribution is -2.38. The second-order valence-electron chi connectivity index (χ2n) is 6.47. The van der Waals surface area contributed by atoms with Gasteiger partial charge in [-0.25, -0.2) is 0 Å². The summed E-state index contributed by atoms with van der Waals surface area (Å²) in [6, 6.07) is 20.9. The minimum Gasteiger partial charge on any atom is -0.366 e. The first kappa shape index (κ1) is 21.4. The molecule has 2 aromatic rings. The van der Waals surface area contributed by atoms with Gasteiger partial charge in [-0.2, -0.15) is 0 Å². The molecule has 0 radical (unpaired) electrons. The van der Waals surface area contributed by atoms with E-state index in [1.807, 2.05) is 19.1 Å². The Hall–Kier alpha value is -1.61. The maximum atomic E-state index is 6.49. The van der Waals surface area contributed by atoms with Crippen LogP contribution in [0.25, 0.3) is 0 Å². The van der Waals surface area contributed by atoms with Gasteiger partial charge in [-0.05, 0) is 38.3 Å². The summed E-state index contributed by atoms with van der Waals surface area (Å²) in [5, 5.41) is 0. The third-order valence-electron chi connectivity index (χ3n) is 4.25. The molecule has 0 heterocycles. The Bertz CT molecular complexity index is 596. The van der Waals surface area contributed by atoms with Crippen LogP contribution in [0.5, 0.6) is 0 Å². The summed E-state index contributed by atoms with van der Waals surface area (Å²) in [5.41, 5.74) is 9.59. The summed E-state index contributed by atoms with van der Waals surface area (Å²) >= 11 is 0. The third-order valence-corrected chi connectivity index (χ3v) is 4.25. The molecule has 0 aliphatic carbocycles. The van der Waals surface area contributed by atoms with E-state index in [9.17, 15) is 0 Å². The Morgan fingerprint density at radius 2 is 1.48 bits per heavy atom. The number of nitrogens with two attached hydrogens (primary N) is 1. The summed E-state index contributed by atoms with van der Waals surface area (Å²) in [5.74, 6) is 0. The van der Waals surface area contributed by atoms with E-state index in [2.05, 4.69) is 68.5 Å². The molecule has 1 unspecified atom stereocenters. The molecule has 25 heavy (non-hydrogen) atoms. The van der Waals surface area contributed by atoms with Gasteiger partial charge < -0.3 is 10.5 Å². The fourth-order valence-electron chi connectivity index (χ4n) is 3.13. The van der Waals surface area contributed by atoms with Crippen LogP contribution in [0.15, 0.2) is 72.3 Å². The van der Waals surface area contributed by atoms with E-state index in [0.717, 1.165) is 24.0 Å². The lowest BCUT2D eigenvalue weighted by atomic mass is 9.80. The van der Waals surface area contributed by atoms with E-state index in [1.54, 1.807) is 0 Å². The first-order chi connectivity index (χ1) is 11.6. The van der Waals surface area contributed by atoms with E-state index < -0.39 is 5.60 Å². The SMILES string of the molecule is CCOC(CC(N)CC=C(C)C)(c1ccccc1)c1ccccc1.Cl. The van der Waals surface area contributed by atoms with Crippen molar-refractivity contribution in [1.82, 2.24) is 0 Å². The fourth-order valence-corrected chi connectivity index (χ4v) is 3.13. The highest BCUT2D eigenvalue weighted by atomic mass is 35.5. The van der Waals surface area contributed by atoms with Crippen LogP contribution >= 0.6 is 12.4 Å². The van der Waals surface area contributed by atoms with Crippen molar-refractivity contribution in [3.63, 3.8) is 0 Å². The highest BCUT2D eigenvalue weighted by molar-refractivity contribution is 5.85. The molecule has 2 nitrogen and oxygen atoms in total.